The summed E-state index contributed by atoms with van der Waals surface area (Å²) in [5.74, 6) is 2.98. The number of hydrogen-bond donors (Lipinski definition) is 1. The summed E-state index contributed by atoms with van der Waals surface area (Å²) in [4.78, 5) is 0. The van der Waals surface area contributed by atoms with Crippen molar-refractivity contribution in [3.05, 3.63) is 33.8 Å². The number of halogens is 1. The van der Waals surface area contributed by atoms with Crippen LogP contribution in [0.1, 0.15) is 61.8 Å². The van der Waals surface area contributed by atoms with Crippen LogP contribution in [0.2, 0.25) is 5.02 Å². The molecular weight excluding hydrogens is 278 g/mol. The van der Waals surface area contributed by atoms with Crippen molar-refractivity contribution in [2.24, 2.45) is 17.8 Å². The van der Waals surface area contributed by atoms with E-state index < -0.39 is 0 Å². The summed E-state index contributed by atoms with van der Waals surface area (Å²) in [6.45, 7) is 7.57. The molecule has 4 atom stereocenters. The molecule has 0 heterocycles. The van der Waals surface area contributed by atoms with Gasteiger partial charge >= 0.3 is 0 Å². The van der Waals surface area contributed by atoms with Crippen LogP contribution in [0.25, 0.3) is 0 Å². The van der Waals surface area contributed by atoms with Gasteiger partial charge in [0.2, 0.25) is 0 Å². The fourth-order valence-electron chi connectivity index (χ4n) is 4.71. The van der Waals surface area contributed by atoms with E-state index in [1.165, 1.54) is 48.8 Å². The lowest BCUT2D eigenvalue weighted by atomic mass is 9.82. The molecule has 0 saturated heterocycles. The molecule has 1 nitrogen and oxygen atoms in total. The molecule has 0 radical (unpaired) electrons. The number of rotatable bonds is 5. The highest BCUT2D eigenvalue weighted by molar-refractivity contribution is 6.31. The molecule has 1 aromatic rings. The topological polar surface area (TPSA) is 12.0 Å². The average molecular weight is 306 g/mol. The first-order valence-electron chi connectivity index (χ1n) is 8.58. The third kappa shape index (κ3) is 3.14. The van der Waals surface area contributed by atoms with Crippen LogP contribution in [0, 0.1) is 31.6 Å². The summed E-state index contributed by atoms with van der Waals surface area (Å²) in [5, 5.41) is 4.62. The van der Waals surface area contributed by atoms with Crippen molar-refractivity contribution in [1.29, 1.82) is 0 Å². The van der Waals surface area contributed by atoms with E-state index in [2.05, 4.69) is 38.2 Å². The molecule has 1 aromatic carbocycles. The van der Waals surface area contributed by atoms with E-state index in [4.69, 9.17) is 11.6 Å². The monoisotopic (exact) mass is 305 g/mol. The van der Waals surface area contributed by atoms with E-state index in [0.29, 0.717) is 6.04 Å². The van der Waals surface area contributed by atoms with E-state index in [1.54, 1.807) is 0 Å². The van der Waals surface area contributed by atoms with Crippen LogP contribution in [0.4, 0.5) is 0 Å². The zero-order valence-electron chi connectivity index (χ0n) is 13.6. The van der Waals surface area contributed by atoms with Gasteiger partial charge in [-0.05, 0) is 86.6 Å². The van der Waals surface area contributed by atoms with Crippen molar-refractivity contribution in [2.75, 3.05) is 6.54 Å². The minimum absolute atomic E-state index is 0.496. The molecule has 0 aromatic heterocycles. The van der Waals surface area contributed by atoms with Gasteiger partial charge in [0.15, 0.2) is 0 Å². The fraction of sp³-hybridized carbons (Fsp3) is 0.684. The predicted octanol–water partition coefficient (Wildman–Crippen LogP) is 5.43. The number of benzene rings is 1. The van der Waals surface area contributed by atoms with Gasteiger partial charge in [-0.1, -0.05) is 31.0 Å². The maximum Gasteiger partial charge on any atom is 0.0438 e. The third-order valence-electron chi connectivity index (χ3n) is 5.80. The van der Waals surface area contributed by atoms with Crippen LogP contribution in [0.3, 0.4) is 0 Å². The molecule has 2 aliphatic rings. The van der Waals surface area contributed by atoms with Gasteiger partial charge in [-0.2, -0.15) is 0 Å². The summed E-state index contributed by atoms with van der Waals surface area (Å²) in [5.41, 5.74) is 3.99. The average Bonchev–Trinajstić information content (AvgIpc) is 3.05. The number of hydrogen-bond acceptors (Lipinski definition) is 1. The molecule has 21 heavy (non-hydrogen) atoms. The highest BCUT2D eigenvalue weighted by atomic mass is 35.5. The molecule has 2 fully saturated rings. The molecule has 116 valence electrons. The summed E-state index contributed by atoms with van der Waals surface area (Å²) < 4.78 is 0. The smallest absolute Gasteiger partial charge is 0.0438 e. The van der Waals surface area contributed by atoms with Gasteiger partial charge in [0.25, 0.3) is 0 Å². The quantitative estimate of drug-likeness (QED) is 0.764. The van der Waals surface area contributed by atoms with Crippen LogP contribution in [-0.4, -0.2) is 6.54 Å². The van der Waals surface area contributed by atoms with E-state index in [1.807, 2.05) is 0 Å². The van der Waals surface area contributed by atoms with Crippen molar-refractivity contribution >= 4 is 11.6 Å². The van der Waals surface area contributed by atoms with Gasteiger partial charge in [0.05, 0.1) is 0 Å². The van der Waals surface area contributed by atoms with E-state index >= 15 is 0 Å². The summed E-state index contributed by atoms with van der Waals surface area (Å²) >= 11 is 6.27. The Kier molecular flexibility index (Phi) is 4.61. The van der Waals surface area contributed by atoms with Crippen LogP contribution >= 0.6 is 11.6 Å². The SMILES string of the molecule is CCNC(CC1CC2CCC1C2)c1cc(C)c(Cl)cc1C. The highest BCUT2D eigenvalue weighted by Crippen LogP contribution is 2.51. The largest absolute Gasteiger partial charge is 0.310 e. The minimum atomic E-state index is 0.496. The highest BCUT2D eigenvalue weighted by Gasteiger charge is 2.40. The standard InChI is InChI=1S/C19H28ClN/c1-4-21-19(11-16-10-14-5-6-15(16)9-14)17-7-13(3)18(20)8-12(17)2/h7-8,14-16,19,21H,4-6,9-11H2,1-3H3. The van der Waals surface area contributed by atoms with Crippen molar-refractivity contribution in [1.82, 2.24) is 5.32 Å². The number of fused-ring (bicyclic) bond motifs is 2. The number of aryl methyl sites for hydroxylation is 2. The first kappa shape index (κ1) is 15.4. The van der Waals surface area contributed by atoms with Crippen LogP contribution in [0.5, 0.6) is 0 Å². The second kappa shape index (κ2) is 6.30. The van der Waals surface area contributed by atoms with E-state index in [-0.39, 0.29) is 0 Å². The van der Waals surface area contributed by atoms with Crippen LogP contribution in [0.15, 0.2) is 12.1 Å². The summed E-state index contributed by atoms with van der Waals surface area (Å²) in [7, 11) is 0. The fourth-order valence-corrected chi connectivity index (χ4v) is 4.93. The van der Waals surface area contributed by atoms with Crippen molar-refractivity contribution in [2.45, 2.75) is 58.9 Å². The summed E-state index contributed by atoms with van der Waals surface area (Å²) in [6, 6.07) is 4.94. The summed E-state index contributed by atoms with van der Waals surface area (Å²) in [6.07, 6.45) is 7.25. The molecule has 2 saturated carbocycles. The normalized spacial score (nSPS) is 29.0. The molecule has 4 unspecified atom stereocenters. The second-order valence-corrected chi connectivity index (χ2v) is 7.65. The Labute approximate surface area is 134 Å². The lowest BCUT2D eigenvalue weighted by molar-refractivity contribution is 0.280. The molecular formula is C19H28ClN. The lowest BCUT2D eigenvalue weighted by Gasteiger charge is -2.28. The Morgan fingerprint density at radius 2 is 2.00 bits per heavy atom. The van der Waals surface area contributed by atoms with Crippen molar-refractivity contribution in [3.63, 3.8) is 0 Å². The molecule has 2 aliphatic carbocycles. The Morgan fingerprint density at radius 1 is 1.19 bits per heavy atom. The number of nitrogens with one attached hydrogen (secondary N) is 1. The maximum absolute atomic E-state index is 6.27. The molecule has 1 N–H and O–H groups in total. The molecule has 3 rings (SSSR count). The van der Waals surface area contributed by atoms with Gasteiger partial charge in [-0.15, -0.1) is 0 Å². The molecule has 0 spiro atoms. The Balaban J connectivity index is 1.79. The van der Waals surface area contributed by atoms with Crippen molar-refractivity contribution in [3.8, 4) is 0 Å². The first-order chi connectivity index (χ1) is 10.1. The predicted molar refractivity (Wildman–Crippen MR) is 90.9 cm³/mol. The Morgan fingerprint density at radius 3 is 2.62 bits per heavy atom. The minimum Gasteiger partial charge on any atom is -0.310 e. The Hall–Kier alpha value is -0.530. The molecule has 0 aliphatic heterocycles. The molecule has 2 bridgehead atoms. The third-order valence-corrected chi connectivity index (χ3v) is 6.20. The molecule has 0 amide bonds. The van der Waals surface area contributed by atoms with Crippen LogP contribution in [-0.2, 0) is 0 Å². The first-order valence-corrected chi connectivity index (χ1v) is 8.96. The second-order valence-electron chi connectivity index (χ2n) is 7.24. The zero-order valence-corrected chi connectivity index (χ0v) is 14.3. The van der Waals surface area contributed by atoms with Crippen LogP contribution < -0.4 is 5.32 Å². The van der Waals surface area contributed by atoms with E-state index in [9.17, 15) is 0 Å². The zero-order chi connectivity index (χ0) is 15.0. The van der Waals surface area contributed by atoms with Gasteiger partial charge in [0, 0.05) is 11.1 Å². The lowest BCUT2D eigenvalue weighted by Crippen LogP contribution is -2.26. The van der Waals surface area contributed by atoms with Crippen molar-refractivity contribution < 1.29 is 0 Å². The molecule has 2 heteroatoms. The van der Waals surface area contributed by atoms with Gasteiger partial charge in [-0.25, -0.2) is 0 Å². The Bertz CT molecular complexity index is 511. The van der Waals surface area contributed by atoms with Gasteiger partial charge in [-0.3, -0.25) is 0 Å². The van der Waals surface area contributed by atoms with Gasteiger partial charge < -0.3 is 5.32 Å². The van der Waals surface area contributed by atoms with E-state index in [0.717, 1.165) is 29.3 Å². The van der Waals surface area contributed by atoms with Gasteiger partial charge in [0.1, 0.15) is 0 Å². The maximum atomic E-state index is 6.27.